The van der Waals surface area contributed by atoms with Gasteiger partial charge in [-0.15, -0.1) is 0 Å². The van der Waals surface area contributed by atoms with Crippen LogP contribution in [0, 0.1) is 0 Å². The molecule has 0 aromatic heterocycles. The van der Waals surface area contributed by atoms with Crippen LogP contribution in [-0.4, -0.2) is 19.3 Å². The van der Waals surface area contributed by atoms with E-state index in [9.17, 15) is 0 Å². The molecule has 2 N–H and O–H groups in total. The van der Waals surface area contributed by atoms with Crippen LogP contribution in [0.5, 0.6) is 5.75 Å². The lowest BCUT2D eigenvalue weighted by molar-refractivity contribution is 0.0901. The van der Waals surface area contributed by atoms with E-state index in [0.717, 1.165) is 35.2 Å². The fourth-order valence-corrected chi connectivity index (χ4v) is 2.52. The third kappa shape index (κ3) is 3.70. The fraction of sp³-hybridized carbons (Fsp3) is 0.571. The topological polar surface area (TPSA) is 44.5 Å². The zero-order valence-electron chi connectivity index (χ0n) is 10.7. The highest BCUT2D eigenvalue weighted by Gasteiger charge is 2.16. The van der Waals surface area contributed by atoms with Crippen molar-refractivity contribution in [2.24, 2.45) is 5.73 Å². The first-order chi connectivity index (χ1) is 8.66. The van der Waals surface area contributed by atoms with Crippen molar-refractivity contribution < 1.29 is 9.47 Å². The molecular formula is C14H20BrNO2. The van der Waals surface area contributed by atoms with Crippen LogP contribution in [0.1, 0.15) is 37.8 Å². The predicted molar refractivity (Wildman–Crippen MR) is 75.8 cm³/mol. The summed E-state index contributed by atoms with van der Waals surface area (Å²) in [6, 6.07) is 5.96. The second-order valence-corrected chi connectivity index (χ2v) is 5.66. The number of hydrogen-bond acceptors (Lipinski definition) is 3. The van der Waals surface area contributed by atoms with Crippen molar-refractivity contribution >= 4 is 15.9 Å². The second kappa shape index (κ2) is 6.55. The molecule has 1 aromatic rings. The Kier molecular flexibility index (Phi) is 5.03. The Labute approximate surface area is 117 Å². The van der Waals surface area contributed by atoms with Gasteiger partial charge in [0, 0.05) is 29.1 Å². The van der Waals surface area contributed by atoms with E-state index in [4.69, 9.17) is 15.2 Å². The van der Waals surface area contributed by atoms with Crippen molar-refractivity contribution in [3.8, 4) is 5.75 Å². The van der Waals surface area contributed by atoms with Crippen molar-refractivity contribution in [1.29, 1.82) is 0 Å². The lowest BCUT2D eigenvalue weighted by Crippen LogP contribution is -2.13. The summed E-state index contributed by atoms with van der Waals surface area (Å²) in [5.41, 5.74) is 6.99. The maximum atomic E-state index is 5.94. The molecule has 0 aliphatic carbocycles. The van der Waals surface area contributed by atoms with Crippen LogP contribution < -0.4 is 10.5 Å². The average Bonchev–Trinajstić information content (AvgIpc) is 2.82. The van der Waals surface area contributed by atoms with Gasteiger partial charge in [-0.05, 0) is 31.9 Å². The normalized spacial score (nSPS) is 20.9. The third-order valence-corrected chi connectivity index (χ3v) is 3.68. The van der Waals surface area contributed by atoms with Gasteiger partial charge in [0.25, 0.3) is 0 Å². The summed E-state index contributed by atoms with van der Waals surface area (Å²) in [6.45, 7) is 3.55. The van der Waals surface area contributed by atoms with Gasteiger partial charge in [-0.3, -0.25) is 0 Å². The van der Waals surface area contributed by atoms with Gasteiger partial charge >= 0.3 is 0 Å². The largest absolute Gasteiger partial charge is 0.493 e. The van der Waals surface area contributed by atoms with Crippen molar-refractivity contribution in [3.63, 3.8) is 0 Å². The number of nitrogens with two attached hydrogens (primary N) is 1. The summed E-state index contributed by atoms with van der Waals surface area (Å²) >= 11 is 3.46. The van der Waals surface area contributed by atoms with E-state index in [-0.39, 0.29) is 6.04 Å². The van der Waals surface area contributed by atoms with Crippen molar-refractivity contribution in [1.82, 2.24) is 0 Å². The predicted octanol–water partition coefficient (Wildman–Crippen LogP) is 3.42. The molecule has 0 spiro atoms. The fourth-order valence-electron chi connectivity index (χ4n) is 2.18. The first-order valence-corrected chi connectivity index (χ1v) is 7.25. The first kappa shape index (κ1) is 13.8. The quantitative estimate of drug-likeness (QED) is 0.906. The Bertz CT molecular complexity index is 389. The zero-order chi connectivity index (χ0) is 13.0. The minimum Gasteiger partial charge on any atom is -0.493 e. The number of rotatable bonds is 5. The number of halogens is 1. The molecule has 0 bridgehead atoms. The first-order valence-electron chi connectivity index (χ1n) is 6.46. The summed E-state index contributed by atoms with van der Waals surface area (Å²) in [7, 11) is 0. The van der Waals surface area contributed by atoms with Gasteiger partial charge < -0.3 is 15.2 Å². The molecule has 1 fully saturated rings. The monoisotopic (exact) mass is 313 g/mol. The van der Waals surface area contributed by atoms with E-state index in [0.29, 0.717) is 12.7 Å². The van der Waals surface area contributed by atoms with Crippen molar-refractivity contribution in [2.45, 2.75) is 38.3 Å². The van der Waals surface area contributed by atoms with Crippen LogP contribution in [0.2, 0.25) is 0 Å². The summed E-state index contributed by atoms with van der Waals surface area (Å²) < 4.78 is 12.4. The van der Waals surface area contributed by atoms with Crippen LogP contribution in [0.4, 0.5) is 0 Å². The van der Waals surface area contributed by atoms with Gasteiger partial charge in [-0.1, -0.05) is 22.0 Å². The molecule has 2 unspecified atom stereocenters. The van der Waals surface area contributed by atoms with Crippen molar-refractivity contribution in [2.75, 3.05) is 13.2 Å². The highest BCUT2D eigenvalue weighted by molar-refractivity contribution is 9.10. The van der Waals surface area contributed by atoms with E-state index in [1.54, 1.807) is 0 Å². The molecule has 1 saturated heterocycles. The van der Waals surface area contributed by atoms with Gasteiger partial charge in [-0.2, -0.15) is 0 Å². The minimum absolute atomic E-state index is 0.0177. The minimum atomic E-state index is -0.0177. The molecule has 1 aromatic carbocycles. The lowest BCUT2D eigenvalue weighted by atomic mass is 10.1. The van der Waals surface area contributed by atoms with Crippen LogP contribution in [0.3, 0.4) is 0 Å². The third-order valence-electron chi connectivity index (χ3n) is 3.19. The molecule has 0 radical (unpaired) electrons. The molecule has 4 heteroatoms. The molecule has 0 amide bonds. The molecule has 3 nitrogen and oxygen atoms in total. The van der Waals surface area contributed by atoms with Gasteiger partial charge in [-0.25, -0.2) is 0 Å². The smallest absolute Gasteiger partial charge is 0.125 e. The Morgan fingerprint density at radius 1 is 1.56 bits per heavy atom. The Balaban J connectivity index is 1.92. The van der Waals surface area contributed by atoms with E-state index in [1.165, 1.54) is 6.42 Å². The van der Waals surface area contributed by atoms with Gasteiger partial charge in [0.2, 0.25) is 0 Å². The standard InChI is InChI=1S/C14H20BrNO2/c1-10(16)13-5-4-11(15)9-14(13)18-8-6-12-3-2-7-17-12/h4-5,9-10,12H,2-3,6-8,16H2,1H3. The number of ether oxygens (including phenoxy) is 2. The van der Waals surface area contributed by atoms with Gasteiger partial charge in [0.15, 0.2) is 0 Å². The highest BCUT2D eigenvalue weighted by atomic mass is 79.9. The van der Waals surface area contributed by atoms with E-state index >= 15 is 0 Å². The van der Waals surface area contributed by atoms with Crippen LogP contribution in [0.25, 0.3) is 0 Å². The van der Waals surface area contributed by atoms with E-state index < -0.39 is 0 Å². The summed E-state index contributed by atoms with van der Waals surface area (Å²) in [5.74, 6) is 0.873. The second-order valence-electron chi connectivity index (χ2n) is 4.74. The Morgan fingerprint density at radius 2 is 2.39 bits per heavy atom. The molecule has 100 valence electrons. The lowest BCUT2D eigenvalue weighted by Gasteiger charge is -2.16. The molecule has 1 aliphatic heterocycles. The Morgan fingerprint density at radius 3 is 3.06 bits per heavy atom. The molecule has 0 saturated carbocycles. The number of benzene rings is 1. The molecule has 2 rings (SSSR count). The molecule has 2 atom stereocenters. The van der Waals surface area contributed by atoms with E-state index in [2.05, 4.69) is 15.9 Å². The molecule has 18 heavy (non-hydrogen) atoms. The Hall–Kier alpha value is -0.580. The average molecular weight is 314 g/mol. The van der Waals surface area contributed by atoms with E-state index in [1.807, 2.05) is 25.1 Å². The molecular weight excluding hydrogens is 294 g/mol. The summed E-state index contributed by atoms with van der Waals surface area (Å²) in [6.07, 6.45) is 3.65. The van der Waals surface area contributed by atoms with Crippen molar-refractivity contribution in [3.05, 3.63) is 28.2 Å². The van der Waals surface area contributed by atoms with Crippen LogP contribution >= 0.6 is 15.9 Å². The highest BCUT2D eigenvalue weighted by Crippen LogP contribution is 2.28. The maximum absolute atomic E-state index is 5.94. The molecule has 1 aliphatic rings. The van der Waals surface area contributed by atoms with Gasteiger partial charge in [0.1, 0.15) is 5.75 Å². The summed E-state index contributed by atoms with van der Waals surface area (Å²) in [4.78, 5) is 0. The maximum Gasteiger partial charge on any atom is 0.125 e. The zero-order valence-corrected chi connectivity index (χ0v) is 12.3. The van der Waals surface area contributed by atoms with Crippen LogP contribution in [-0.2, 0) is 4.74 Å². The van der Waals surface area contributed by atoms with Gasteiger partial charge in [0.05, 0.1) is 12.7 Å². The summed E-state index contributed by atoms with van der Waals surface area (Å²) in [5, 5.41) is 0. The SMILES string of the molecule is CC(N)c1ccc(Br)cc1OCCC1CCCO1. The number of hydrogen-bond donors (Lipinski definition) is 1. The molecule has 1 heterocycles. The van der Waals surface area contributed by atoms with Crippen LogP contribution in [0.15, 0.2) is 22.7 Å².